The van der Waals surface area contributed by atoms with Gasteiger partial charge in [-0.1, -0.05) is 12.1 Å². The van der Waals surface area contributed by atoms with E-state index < -0.39 is 5.91 Å². The first-order valence-corrected chi connectivity index (χ1v) is 8.46. The van der Waals surface area contributed by atoms with Gasteiger partial charge in [-0.2, -0.15) is 4.52 Å². The zero-order chi connectivity index (χ0) is 18.1. The van der Waals surface area contributed by atoms with Crippen molar-refractivity contribution in [3.8, 4) is 0 Å². The molecule has 1 fully saturated rings. The molecular weight excluding hydrogens is 332 g/mol. The maximum atomic E-state index is 12.7. The second-order valence-corrected chi connectivity index (χ2v) is 6.57. The lowest BCUT2D eigenvalue weighted by atomic mass is 9.97. The molecule has 1 unspecified atom stereocenters. The summed E-state index contributed by atoms with van der Waals surface area (Å²) in [5.74, 6) is -0.0808. The van der Waals surface area contributed by atoms with Crippen molar-refractivity contribution in [2.45, 2.75) is 12.8 Å². The van der Waals surface area contributed by atoms with E-state index in [0.29, 0.717) is 35.8 Å². The summed E-state index contributed by atoms with van der Waals surface area (Å²) >= 11 is 0. The van der Waals surface area contributed by atoms with Crippen molar-refractivity contribution in [1.82, 2.24) is 24.9 Å². The molecule has 8 heteroatoms. The average Bonchev–Trinajstić information content (AvgIpc) is 3.30. The zero-order valence-corrected chi connectivity index (χ0v) is 14.1. The third kappa shape index (κ3) is 3.13. The van der Waals surface area contributed by atoms with Crippen LogP contribution in [-0.2, 0) is 6.42 Å². The number of primary amides is 1. The van der Waals surface area contributed by atoms with Gasteiger partial charge >= 0.3 is 0 Å². The normalized spacial score (nSPS) is 16.9. The average molecular weight is 350 g/mol. The Hall–Kier alpha value is -3.29. The molecule has 0 radical (unpaired) electrons. The summed E-state index contributed by atoms with van der Waals surface area (Å²) in [6, 6.07) is 10.9. The molecule has 3 aromatic rings. The van der Waals surface area contributed by atoms with Crippen molar-refractivity contribution in [2.24, 2.45) is 11.7 Å². The number of aromatic nitrogens is 4. The maximum absolute atomic E-state index is 12.7. The number of carbonyl (C=O) groups excluding carboxylic acids is 2. The van der Waals surface area contributed by atoms with Gasteiger partial charge in [0, 0.05) is 24.8 Å². The van der Waals surface area contributed by atoms with Crippen molar-refractivity contribution >= 4 is 17.5 Å². The van der Waals surface area contributed by atoms with Gasteiger partial charge in [0.1, 0.15) is 0 Å². The minimum absolute atomic E-state index is 0.0178. The second-order valence-electron chi connectivity index (χ2n) is 6.57. The fourth-order valence-corrected chi connectivity index (χ4v) is 3.42. The number of rotatable bonds is 4. The topological polar surface area (TPSA) is 106 Å². The predicted octanol–water partition coefficient (Wildman–Crippen LogP) is 0.928. The number of likely N-dealkylation sites (tertiary alicyclic amines) is 1. The summed E-state index contributed by atoms with van der Waals surface area (Å²) in [5, 5.41) is 11.3. The van der Waals surface area contributed by atoms with E-state index >= 15 is 0 Å². The third-order valence-corrected chi connectivity index (χ3v) is 4.75. The highest BCUT2D eigenvalue weighted by Gasteiger charge is 2.27. The van der Waals surface area contributed by atoms with Crippen LogP contribution in [0.1, 0.15) is 32.7 Å². The number of benzene rings is 1. The van der Waals surface area contributed by atoms with Crippen molar-refractivity contribution in [3.05, 3.63) is 59.3 Å². The van der Waals surface area contributed by atoms with Crippen LogP contribution in [0.3, 0.4) is 0 Å². The molecule has 1 aromatic carbocycles. The zero-order valence-electron chi connectivity index (χ0n) is 14.1. The van der Waals surface area contributed by atoms with Crippen LogP contribution >= 0.6 is 0 Å². The van der Waals surface area contributed by atoms with Gasteiger partial charge in [-0.25, -0.2) is 0 Å². The van der Waals surface area contributed by atoms with E-state index in [0.717, 1.165) is 18.4 Å². The van der Waals surface area contributed by atoms with Crippen LogP contribution in [-0.4, -0.2) is 49.8 Å². The van der Waals surface area contributed by atoms with Gasteiger partial charge in [0.15, 0.2) is 5.65 Å². The van der Waals surface area contributed by atoms with Crippen LogP contribution in [0.5, 0.6) is 0 Å². The summed E-state index contributed by atoms with van der Waals surface area (Å²) in [4.78, 5) is 25.9. The van der Waals surface area contributed by atoms with Crippen molar-refractivity contribution < 1.29 is 9.59 Å². The molecule has 0 saturated carbocycles. The van der Waals surface area contributed by atoms with Crippen LogP contribution < -0.4 is 5.73 Å². The lowest BCUT2D eigenvalue weighted by Crippen LogP contribution is -2.29. The number of carbonyl (C=O) groups is 2. The first kappa shape index (κ1) is 16.2. The molecule has 1 aliphatic rings. The second kappa shape index (κ2) is 6.55. The number of hydrogen-bond acceptors (Lipinski definition) is 5. The third-order valence-electron chi connectivity index (χ3n) is 4.75. The standard InChI is InChI=1S/C18H18N6O2/c19-17(25)14-3-1-2-12(9-14)8-13-6-7-23(10-13)18(26)15-4-5-16-20-21-22-24(16)11-15/h1-5,9,11,13H,6-8,10H2,(H2,19,25). The van der Waals surface area contributed by atoms with Crippen LogP contribution in [0.4, 0.5) is 0 Å². The number of tetrazole rings is 1. The molecule has 0 bridgehead atoms. The minimum atomic E-state index is -0.423. The van der Waals surface area contributed by atoms with Crippen molar-refractivity contribution in [3.63, 3.8) is 0 Å². The molecule has 2 aromatic heterocycles. The molecule has 2 N–H and O–H groups in total. The predicted molar refractivity (Wildman–Crippen MR) is 93.5 cm³/mol. The number of nitrogens with zero attached hydrogens (tertiary/aromatic N) is 5. The van der Waals surface area contributed by atoms with E-state index in [4.69, 9.17) is 5.73 Å². The molecule has 4 rings (SSSR count). The Morgan fingerprint density at radius 2 is 2.08 bits per heavy atom. The SMILES string of the molecule is NC(=O)c1cccc(CC2CCN(C(=O)c3ccc4nnnn4c3)C2)c1. The maximum Gasteiger partial charge on any atom is 0.255 e. The van der Waals surface area contributed by atoms with E-state index in [-0.39, 0.29) is 5.91 Å². The van der Waals surface area contributed by atoms with E-state index in [2.05, 4.69) is 15.5 Å². The van der Waals surface area contributed by atoms with Crippen LogP contribution in [0.25, 0.3) is 5.65 Å². The largest absolute Gasteiger partial charge is 0.366 e. The summed E-state index contributed by atoms with van der Waals surface area (Å²) < 4.78 is 1.50. The molecule has 0 spiro atoms. The minimum Gasteiger partial charge on any atom is -0.366 e. The molecule has 2 amide bonds. The first-order valence-electron chi connectivity index (χ1n) is 8.46. The summed E-state index contributed by atoms with van der Waals surface area (Å²) in [6.07, 6.45) is 3.40. The van der Waals surface area contributed by atoms with Gasteiger partial charge in [-0.05, 0) is 59.0 Å². The quantitative estimate of drug-likeness (QED) is 0.753. The number of nitrogens with two attached hydrogens (primary N) is 1. The highest BCUT2D eigenvalue weighted by atomic mass is 16.2. The number of pyridine rings is 1. The van der Waals surface area contributed by atoms with Gasteiger partial charge < -0.3 is 10.6 Å². The molecule has 1 aliphatic heterocycles. The fourth-order valence-electron chi connectivity index (χ4n) is 3.42. The highest BCUT2D eigenvalue weighted by molar-refractivity contribution is 5.94. The monoisotopic (exact) mass is 350 g/mol. The number of fused-ring (bicyclic) bond motifs is 1. The Kier molecular flexibility index (Phi) is 4.08. The van der Waals surface area contributed by atoms with Gasteiger partial charge in [-0.15, -0.1) is 5.10 Å². The molecule has 8 nitrogen and oxygen atoms in total. The lowest BCUT2D eigenvalue weighted by molar-refractivity contribution is 0.0786. The van der Waals surface area contributed by atoms with E-state index in [1.54, 1.807) is 24.4 Å². The van der Waals surface area contributed by atoms with E-state index in [1.807, 2.05) is 23.1 Å². The molecule has 1 saturated heterocycles. The first-order chi connectivity index (χ1) is 12.6. The molecule has 132 valence electrons. The summed E-state index contributed by atoms with van der Waals surface area (Å²) in [5.41, 5.74) is 8.10. The smallest absolute Gasteiger partial charge is 0.255 e. The Morgan fingerprint density at radius 1 is 1.19 bits per heavy atom. The Bertz CT molecular complexity index is 982. The Balaban J connectivity index is 1.43. The van der Waals surface area contributed by atoms with Crippen molar-refractivity contribution in [2.75, 3.05) is 13.1 Å². The van der Waals surface area contributed by atoms with Crippen LogP contribution in [0.2, 0.25) is 0 Å². The van der Waals surface area contributed by atoms with Crippen molar-refractivity contribution in [1.29, 1.82) is 0 Å². The molecule has 1 atom stereocenters. The Labute approximate surface area is 149 Å². The van der Waals surface area contributed by atoms with E-state index in [9.17, 15) is 9.59 Å². The number of hydrogen-bond donors (Lipinski definition) is 1. The highest BCUT2D eigenvalue weighted by Crippen LogP contribution is 2.23. The van der Waals surface area contributed by atoms with Gasteiger partial charge in [-0.3, -0.25) is 9.59 Å². The van der Waals surface area contributed by atoms with Gasteiger partial charge in [0.05, 0.1) is 5.56 Å². The van der Waals surface area contributed by atoms with Crippen LogP contribution in [0.15, 0.2) is 42.6 Å². The number of amides is 2. The summed E-state index contributed by atoms with van der Waals surface area (Å²) in [6.45, 7) is 1.40. The molecule has 26 heavy (non-hydrogen) atoms. The van der Waals surface area contributed by atoms with Gasteiger partial charge in [0.2, 0.25) is 5.91 Å². The fraction of sp³-hybridized carbons (Fsp3) is 0.278. The molecule has 3 heterocycles. The lowest BCUT2D eigenvalue weighted by Gasteiger charge is -2.16. The van der Waals surface area contributed by atoms with E-state index in [1.165, 1.54) is 4.52 Å². The summed E-state index contributed by atoms with van der Waals surface area (Å²) in [7, 11) is 0. The van der Waals surface area contributed by atoms with Gasteiger partial charge in [0.25, 0.3) is 5.91 Å². The van der Waals surface area contributed by atoms with Crippen LogP contribution in [0, 0.1) is 5.92 Å². The Morgan fingerprint density at radius 3 is 2.92 bits per heavy atom. The molecular formula is C18H18N6O2. The molecule has 0 aliphatic carbocycles.